The van der Waals surface area contributed by atoms with Crippen LogP contribution in [-0.2, 0) is 0 Å². The Labute approximate surface area is 127 Å². The molecule has 3 N–H and O–H groups in total. The number of nitro groups is 1. The van der Waals surface area contributed by atoms with E-state index in [9.17, 15) is 10.1 Å². The molecule has 1 aromatic heterocycles. The van der Waals surface area contributed by atoms with Gasteiger partial charge in [-0.25, -0.2) is 4.98 Å². The Morgan fingerprint density at radius 1 is 1.43 bits per heavy atom. The van der Waals surface area contributed by atoms with Crippen molar-refractivity contribution in [3.63, 3.8) is 0 Å². The molecular formula is C12H9BrN4O4. The van der Waals surface area contributed by atoms with E-state index in [0.29, 0.717) is 10.0 Å². The van der Waals surface area contributed by atoms with Gasteiger partial charge < -0.3 is 15.7 Å². The number of nitro benzene ring substituents is 1. The van der Waals surface area contributed by atoms with E-state index in [4.69, 9.17) is 15.7 Å². The van der Waals surface area contributed by atoms with Crippen LogP contribution in [0.15, 0.2) is 46.2 Å². The smallest absolute Gasteiger partial charge is 0.312 e. The van der Waals surface area contributed by atoms with Gasteiger partial charge in [0.1, 0.15) is 0 Å². The molecule has 2 rings (SSSR count). The summed E-state index contributed by atoms with van der Waals surface area (Å²) in [6.07, 6.45) is 1.38. The lowest BCUT2D eigenvalue weighted by Crippen LogP contribution is -2.13. The zero-order valence-corrected chi connectivity index (χ0v) is 12.0. The van der Waals surface area contributed by atoms with E-state index in [2.05, 4.69) is 26.1 Å². The van der Waals surface area contributed by atoms with E-state index in [0.717, 1.165) is 0 Å². The first kappa shape index (κ1) is 14.7. The third kappa shape index (κ3) is 3.45. The van der Waals surface area contributed by atoms with Crippen molar-refractivity contribution in [2.45, 2.75) is 0 Å². The second-order valence-electron chi connectivity index (χ2n) is 3.84. The number of aromatic nitrogens is 1. The van der Waals surface area contributed by atoms with Crippen LogP contribution in [0.1, 0.15) is 5.56 Å². The van der Waals surface area contributed by atoms with Gasteiger partial charge in [-0.2, -0.15) is 0 Å². The van der Waals surface area contributed by atoms with Crippen molar-refractivity contribution < 1.29 is 14.9 Å². The van der Waals surface area contributed by atoms with Gasteiger partial charge in [-0.3, -0.25) is 10.1 Å². The number of nitrogens with two attached hydrogens (primary N) is 1. The molecule has 0 bridgehead atoms. The number of hydrogen-bond donors (Lipinski definition) is 2. The van der Waals surface area contributed by atoms with Crippen LogP contribution in [0.4, 0.5) is 5.69 Å². The van der Waals surface area contributed by atoms with Crippen molar-refractivity contribution in [3.8, 4) is 11.6 Å². The summed E-state index contributed by atoms with van der Waals surface area (Å²) in [7, 11) is 0. The first-order chi connectivity index (χ1) is 10.0. The highest BCUT2D eigenvalue weighted by molar-refractivity contribution is 9.10. The predicted octanol–water partition coefficient (Wildman–Crippen LogP) is 2.64. The van der Waals surface area contributed by atoms with Gasteiger partial charge in [-0.05, 0) is 18.2 Å². The number of benzene rings is 1. The van der Waals surface area contributed by atoms with E-state index in [1.807, 2.05) is 0 Å². The van der Waals surface area contributed by atoms with Crippen LogP contribution in [0.25, 0.3) is 0 Å². The first-order valence-electron chi connectivity index (χ1n) is 5.57. The molecule has 0 aliphatic carbocycles. The maximum absolute atomic E-state index is 11.0. The molecule has 9 heteroatoms. The predicted molar refractivity (Wildman–Crippen MR) is 77.6 cm³/mol. The second-order valence-corrected chi connectivity index (χ2v) is 4.75. The monoisotopic (exact) mass is 352 g/mol. The normalized spacial score (nSPS) is 11.2. The molecule has 0 fully saturated rings. The number of halogens is 1. The Bertz CT molecular complexity index is 720. The maximum Gasteiger partial charge on any atom is 0.312 e. The first-order valence-corrected chi connectivity index (χ1v) is 6.36. The Morgan fingerprint density at radius 3 is 2.86 bits per heavy atom. The van der Waals surface area contributed by atoms with E-state index in [-0.39, 0.29) is 23.2 Å². The Morgan fingerprint density at radius 2 is 2.19 bits per heavy atom. The summed E-state index contributed by atoms with van der Waals surface area (Å²) in [5.74, 6) is 0.00411. The lowest BCUT2D eigenvalue weighted by Gasteiger charge is -2.07. The molecule has 0 aliphatic heterocycles. The molecule has 0 radical (unpaired) electrons. The van der Waals surface area contributed by atoms with Crippen molar-refractivity contribution in [1.29, 1.82) is 0 Å². The average Bonchev–Trinajstić information content (AvgIpc) is 2.48. The zero-order valence-electron chi connectivity index (χ0n) is 10.4. The lowest BCUT2D eigenvalue weighted by atomic mass is 10.2. The van der Waals surface area contributed by atoms with Crippen LogP contribution < -0.4 is 10.5 Å². The highest BCUT2D eigenvalue weighted by Gasteiger charge is 2.17. The SMILES string of the molecule is NC(=NO)c1ccnc(Oc2ccc(Br)cc2[N+](=O)[O-])c1. The summed E-state index contributed by atoms with van der Waals surface area (Å²) in [5, 5.41) is 22.5. The van der Waals surface area contributed by atoms with Crippen molar-refractivity contribution in [2.24, 2.45) is 10.9 Å². The molecule has 8 nitrogen and oxygen atoms in total. The van der Waals surface area contributed by atoms with Crippen LogP contribution in [0.3, 0.4) is 0 Å². The molecule has 21 heavy (non-hydrogen) atoms. The molecule has 0 atom stereocenters. The van der Waals surface area contributed by atoms with Gasteiger partial charge in [-0.1, -0.05) is 21.1 Å². The summed E-state index contributed by atoms with van der Waals surface area (Å²) in [5.41, 5.74) is 5.63. The molecule has 0 aliphatic rings. The second kappa shape index (κ2) is 6.18. The minimum absolute atomic E-state index is 0.0346. The van der Waals surface area contributed by atoms with Gasteiger partial charge in [0.25, 0.3) is 0 Å². The summed E-state index contributed by atoms with van der Waals surface area (Å²) < 4.78 is 5.95. The van der Waals surface area contributed by atoms with E-state index < -0.39 is 4.92 Å². The number of amidine groups is 1. The minimum atomic E-state index is -0.562. The Kier molecular flexibility index (Phi) is 4.33. The Hall–Kier alpha value is -2.68. The lowest BCUT2D eigenvalue weighted by molar-refractivity contribution is -0.385. The molecular weight excluding hydrogens is 344 g/mol. The molecule has 108 valence electrons. The largest absolute Gasteiger partial charge is 0.432 e. The molecule has 0 amide bonds. The van der Waals surface area contributed by atoms with Gasteiger partial charge in [0.05, 0.1) is 4.92 Å². The fraction of sp³-hybridized carbons (Fsp3) is 0. The van der Waals surface area contributed by atoms with Crippen LogP contribution in [0.2, 0.25) is 0 Å². The van der Waals surface area contributed by atoms with Crippen molar-refractivity contribution in [1.82, 2.24) is 4.98 Å². The van der Waals surface area contributed by atoms with E-state index >= 15 is 0 Å². The van der Waals surface area contributed by atoms with E-state index in [1.54, 1.807) is 6.07 Å². The summed E-state index contributed by atoms with van der Waals surface area (Å²) in [4.78, 5) is 14.4. The molecule has 1 aromatic carbocycles. The van der Waals surface area contributed by atoms with Crippen molar-refractivity contribution in [2.75, 3.05) is 0 Å². The molecule has 0 unspecified atom stereocenters. The summed E-state index contributed by atoms with van der Waals surface area (Å²) in [6.45, 7) is 0. The standard InChI is InChI=1S/C12H9BrN4O4/c13-8-1-2-10(9(6-8)17(19)20)21-11-5-7(3-4-15-11)12(14)16-18/h1-6,18H,(H2,14,16). The number of ether oxygens (including phenoxy) is 1. The van der Waals surface area contributed by atoms with Crippen LogP contribution >= 0.6 is 15.9 Å². The topological polar surface area (TPSA) is 124 Å². The molecule has 1 heterocycles. The third-order valence-corrected chi connectivity index (χ3v) is 2.96. The number of nitrogens with zero attached hydrogens (tertiary/aromatic N) is 3. The molecule has 0 saturated heterocycles. The fourth-order valence-corrected chi connectivity index (χ4v) is 1.86. The molecule has 0 spiro atoms. The maximum atomic E-state index is 11.0. The molecule has 0 saturated carbocycles. The third-order valence-electron chi connectivity index (χ3n) is 2.47. The zero-order chi connectivity index (χ0) is 15.4. The molecule has 2 aromatic rings. The number of rotatable bonds is 4. The van der Waals surface area contributed by atoms with Gasteiger partial charge in [0, 0.05) is 28.4 Å². The minimum Gasteiger partial charge on any atom is -0.432 e. The van der Waals surface area contributed by atoms with Gasteiger partial charge >= 0.3 is 5.69 Å². The summed E-state index contributed by atoms with van der Waals surface area (Å²) in [6, 6.07) is 7.29. The van der Waals surface area contributed by atoms with Crippen LogP contribution in [0, 0.1) is 10.1 Å². The average molecular weight is 353 g/mol. The number of hydrogen-bond acceptors (Lipinski definition) is 6. The highest BCUT2D eigenvalue weighted by Crippen LogP contribution is 2.33. The summed E-state index contributed by atoms with van der Waals surface area (Å²) >= 11 is 3.15. The van der Waals surface area contributed by atoms with Crippen molar-refractivity contribution in [3.05, 3.63) is 56.7 Å². The highest BCUT2D eigenvalue weighted by atomic mass is 79.9. The van der Waals surface area contributed by atoms with Crippen LogP contribution in [0.5, 0.6) is 11.6 Å². The fourth-order valence-electron chi connectivity index (χ4n) is 1.51. The van der Waals surface area contributed by atoms with Gasteiger partial charge in [0.15, 0.2) is 5.84 Å². The van der Waals surface area contributed by atoms with Gasteiger partial charge in [-0.15, -0.1) is 0 Å². The number of pyridine rings is 1. The number of oxime groups is 1. The van der Waals surface area contributed by atoms with Crippen molar-refractivity contribution >= 4 is 27.5 Å². The Balaban J connectivity index is 2.37. The van der Waals surface area contributed by atoms with Crippen LogP contribution in [-0.4, -0.2) is 21.0 Å². The van der Waals surface area contributed by atoms with Gasteiger partial charge in [0.2, 0.25) is 11.6 Å². The van der Waals surface area contributed by atoms with E-state index in [1.165, 1.54) is 30.5 Å². The quantitative estimate of drug-likeness (QED) is 0.286.